The summed E-state index contributed by atoms with van der Waals surface area (Å²) in [4.78, 5) is 4.03. The molecule has 1 rings (SSSR count). The Labute approximate surface area is 81.7 Å². The maximum absolute atomic E-state index is 4.03. The van der Waals surface area contributed by atoms with Crippen molar-refractivity contribution in [3.8, 4) is 0 Å². The van der Waals surface area contributed by atoms with Gasteiger partial charge in [-0.2, -0.15) is 0 Å². The summed E-state index contributed by atoms with van der Waals surface area (Å²) in [5, 5.41) is 1.02. The molecule has 0 radical (unpaired) electrons. The maximum atomic E-state index is 4.03. The van der Waals surface area contributed by atoms with E-state index in [0.29, 0.717) is 0 Å². The fourth-order valence-electron chi connectivity index (χ4n) is 0.944. The lowest BCUT2D eigenvalue weighted by Crippen LogP contribution is -1.81. The van der Waals surface area contributed by atoms with Gasteiger partial charge in [0.1, 0.15) is 0 Å². The molecular weight excluding hydrogens is 214 g/mol. The second kappa shape index (κ2) is 5.09. The number of rotatable bonds is 3. The molecule has 0 saturated carbocycles. The van der Waals surface area contributed by atoms with Crippen LogP contribution < -0.4 is 0 Å². The predicted molar refractivity (Wildman–Crippen MR) is 56.4 cm³/mol. The van der Waals surface area contributed by atoms with Crippen molar-refractivity contribution in [2.75, 3.05) is 5.33 Å². The van der Waals surface area contributed by atoms with Crippen molar-refractivity contribution in [3.63, 3.8) is 0 Å². The topological polar surface area (TPSA) is 12.9 Å². The number of hydrogen-bond acceptors (Lipinski definition) is 1. The van der Waals surface area contributed by atoms with Gasteiger partial charge in [-0.3, -0.25) is 4.98 Å². The first-order valence-corrected chi connectivity index (χ1v) is 5.10. The van der Waals surface area contributed by atoms with Gasteiger partial charge in [0.25, 0.3) is 0 Å². The van der Waals surface area contributed by atoms with Gasteiger partial charge in [-0.25, -0.2) is 0 Å². The van der Waals surface area contributed by atoms with E-state index in [1.807, 2.05) is 18.5 Å². The van der Waals surface area contributed by atoms with Crippen LogP contribution in [-0.4, -0.2) is 10.3 Å². The minimum atomic E-state index is 1.02. The lowest BCUT2D eigenvalue weighted by molar-refractivity contribution is 1.24. The van der Waals surface area contributed by atoms with Gasteiger partial charge in [-0.1, -0.05) is 28.1 Å². The second-order valence-electron chi connectivity index (χ2n) is 2.61. The van der Waals surface area contributed by atoms with Crippen LogP contribution in [-0.2, 0) is 0 Å². The number of pyridine rings is 1. The van der Waals surface area contributed by atoms with E-state index in [2.05, 4.69) is 40.0 Å². The van der Waals surface area contributed by atoms with Gasteiger partial charge in [0.2, 0.25) is 0 Å². The third-order valence-corrected chi connectivity index (χ3v) is 2.09. The van der Waals surface area contributed by atoms with Gasteiger partial charge in [0.15, 0.2) is 0 Å². The van der Waals surface area contributed by atoms with Crippen LogP contribution >= 0.6 is 15.9 Å². The molecule has 12 heavy (non-hydrogen) atoms. The molecule has 0 aliphatic carbocycles. The van der Waals surface area contributed by atoms with E-state index in [-0.39, 0.29) is 0 Å². The molecule has 0 aromatic carbocycles. The van der Waals surface area contributed by atoms with Crippen LogP contribution in [0.4, 0.5) is 0 Å². The number of hydrogen-bond donors (Lipinski definition) is 0. The van der Waals surface area contributed by atoms with E-state index in [1.54, 1.807) is 0 Å². The Bertz CT molecular complexity index is 268. The van der Waals surface area contributed by atoms with Crippen LogP contribution in [0.1, 0.15) is 17.5 Å². The largest absolute Gasteiger partial charge is 0.264 e. The van der Waals surface area contributed by atoms with Crippen molar-refractivity contribution in [1.29, 1.82) is 0 Å². The lowest BCUT2D eigenvalue weighted by atomic mass is 10.1. The average molecular weight is 226 g/mol. The molecule has 1 aromatic rings. The molecule has 1 nitrogen and oxygen atoms in total. The summed E-state index contributed by atoms with van der Waals surface area (Å²) >= 11 is 3.38. The Morgan fingerprint density at radius 2 is 2.42 bits per heavy atom. The second-order valence-corrected chi connectivity index (χ2v) is 3.41. The van der Waals surface area contributed by atoms with Crippen LogP contribution in [0.5, 0.6) is 0 Å². The molecule has 1 heterocycles. The monoisotopic (exact) mass is 225 g/mol. The standard InChI is InChI=1S/C10H12BrN/c1-9-8-12-7-5-10(9)4-2-3-6-11/h2,4-5,7-8H,3,6H2,1H3. The van der Waals surface area contributed by atoms with Crippen LogP contribution in [0.3, 0.4) is 0 Å². The van der Waals surface area contributed by atoms with Crippen molar-refractivity contribution < 1.29 is 0 Å². The van der Waals surface area contributed by atoms with Gasteiger partial charge in [-0.05, 0) is 30.5 Å². The zero-order valence-corrected chi connectivity index (χ0v) is 8.71. The van der Waals surface area contributed by atoms with Gasteiger partial charge in [0, 0.05) is 17.7 Å². The summed E-state index contributed by atoms with van der Waals surface area (Å²) in [6, 6.07) is 2.03. The third-order valence-electron chi connectivity index (χ3n) is 1.64. The molecule has 1 aromatic heterocycles. The number of nitrogens with zero attached hydrogens (tertiary/aromatic N) is 1. The number of halogens is 1. The summed E-state index contributed by atoms with van der Waals surface area (Å²) in [6.07, 6.45) is 9.08. The fraction of sp³-hybridized carbons (Fsp3) is 0.300. The van der Waals surface area contributed by atoms with E-state index in [0.717, 1.165) is 11.8 Å². The summed E-state index contributed by atoms with van der Waals surface area (Å²) in [5.74, 6) is 0. The fourth-order valence-corrected chi connectivity index (χ4v) is 1.21. The first-order chi connectivity index (χ1) is 5.84. The molecule has 0 aliphatic rings. The molecule has 2 heteroatoms. The van der Waals surface area contributed by atoms with E-state index < -0.39 is 0 Å². The molecular formula is C10H12BrN. The minimum absolute atomic E-state index is 1.02. The average Bonchev–Trinajstić information content (AvgIpc) is 2.09. The first kappa shape index (κ1) is 9.46. The Balaban J connectivity index is 2.68. The highest BCUT2D eigenvalue weighted by Crippen LogP contribution is 2.07. The lowest BCUT2D eigenvalue weighted by Gasteiger charge is -1.96. The number of aromatic nitrogens is 1. The molecule has 0 bridgehead atoms. The summed E-state index contributed by atoms with van der Waals surface area (Å²) < 4.78 is 0. The highest BCUT2D eigenvalue weighted by atomic mass is 79.9. The van der Waals surface area contributed by atoms with Crippen LogP contribution in [0.15, 0.2) is 24.5 Å². The van der Waals surface area contributed by atoms with E-state index in [9.17, 15) is 0 Å². The van der Waals surface area contributed by atoms with Gasteiger partial charge >= 0.3 is 0 Å². The zero-order chi connectivity index (χ0) is 8.81. The quantitative estimate of drug-likeness (QED) is 0.721. The highest BCUT2D eigenvalue weighted by Gasteiger charge is 1.90. The van der Waals surface area contributed by atoms with E-state index in [1.165, 1.54) is 11.1 Å². The molecule has 64 valence electrons. The maximum Gasteiger partial charge on any atom is 0.0303 e. The number of alkyl halides is 1. The van der Waals surface area contributed by atoms with Gasteiger partial charge in [-0.15, -0.1) is 0 Å². The molecule has 0 aliphatic heterocycles. The molecule has 0 atom stereocenters. The minimum Gasteiger partial charge on any atom is -0.264 e. The predicted octanol–water partition coefficient (Wildman–Crippen LogP) is 3.19. The summed E-state index contributed by atoms with van der Waals surface area (Å²) in [7, 11) is 0. The van der Waals surface area contributed by atoms with Crippen molar-refractivity contribution in [2.45, 2.75) is 13.3 Å². The van der Waals surface area contributed by atoms with Gasteiger partial charge < -0.3 is 0 Å². The summed E-state index contributed by atoms with van der Waals surface area (Å²) in [6.45, 7) is 2.07. The Kier molecular flexibility index (Phi) is 4.01. The van der Waals surface area contributed by atoms with Crippen LogP contribution in [0, 0.1) is 6.92 Å². The van der Waals surface area contributed by atoms with E-state index in [4.69, 9.17) is 0 Å². The molecule has 0 N–H and O–H groups in total. The Morgan fingerprint density at radius 3 is 3.08 bits per heavy atom. The smallest absolute Gasteiger partial charge is 0.0303 e. The van der Waals surface area contributed by atoms with Crippen molar-refractivity contribution >= 4 is 22.0 Å². The molecule has 0 unspecified atom stereocenters. The Morgan fingerprint density at radius 1 is 1.58 bits per heavy atom. The number of aryl methyl sites for hydroxylation is 1. The molecule has 0 fully saturated rings. The number of allylic oxidation sites excluding steroid dienone is 1. The van der Waals surface area contributed by atoms with Crippen LogP contribution in [0.2, 0.25) is 0 Å². The van der Waals surface area contributed by atoms with Gasteiger partial charge in [0.05, 0.1) is 0 Å². The normalized spacial score (nSPS) is 10.8. The van der Waals surface area contributed by atoms with Crippen molar-refractivity contribution in [1.82, 2.24) is 4.98 Å². The van der Waals surface area contributed by atoms with Crippen molar-refractivity contribution in [3.05, 3.63) is 35.7 Å². The highest BCUT2D eigenvalue weighted by molar-refractivity contribution is 9.09. The van der Waals surface area contributed by atoms with E-state index >= 15 is 0 Å². The molecule has 0 saturated heterocycles. The van der Waals surface area contributed by atoms with Crippen molar-refractivity contribution in [2.24, 2.45) is 0 Å². The summed E-state index contributed by atoms with van der Waals surface area (Å²) in [5.41, 5.74) is 2.48. The zero-order valence-electron chi connectivity index (χ0n) is 7.13. The van der Waals surface area contributed by atoms with Crippen LogP contribution in [0.25, 0.3) is 6.08 Å². The SMILES string of the molecule is Cc1cnccc1C=CCCBr. The Hall–Kier alpha value is -0.630. The molecule has 0 amide bonds. The molecule has 0 spiro atoms. The third kappa shape index (κ3) is 2.78. The first-order valence-electron chi connectivity index (χ1n) is 3.97.